The second-order valence-electron chi connectivity index (χ2n) is 8.00. The normalized spacial score (nSPS) is 19.2. The molecule has 27 heavy (non-hydrogen) atoms. The zero-order chi connectivity index (χ0) is 19.1. The molecule has 0 unspecified atom stereocenters. The van der Waals surface area contributed by atoms with Crippen molar-refractivity contribution < 1.29 is 4.79 Å². The van der Waals surface area contributed by atoms with Crippen molar-refractivity contribution in [3.8, 4) is 0 Å². The molecule has 1 amide bonds. The van der Waals surface area contributed by atoms with Crippen molar-refractivity contribution in [3.05, 3.63) is 12.4 Å². The predicted molar refractivity (Wildman–Crippen MR) is 109 cm³/mol. The highest BCUT2D eigenvalue weighted by molar-refractivity contribution is 5.79. The van der Waals surface area contributed by atoms with E-state index >= 15 is 0 Å². The summed E-state index contributed by atoms with van der Waals surface area (Å²) in [5, 5.41) is 3.06. The average molecular weight is 375 g/mol. The van der Waals surface area contributed by atoms with Crippen molar-refractivity contribution in [2.75, 3.05) is 63.2 Å². The quantitative estimate of drug-likeness (QED) is 0.818. The molecule has 0 saturated carbocycles. The first-order valence-electron chi connectivity index (χ1n) is 10.4. The molecule has 2 aliphatic rings. The minimum absolute atomic E-state index is 0.126. The van der Waals surface area contributed by atoms with Gasteiger partial charge in [0.1, 0.15) is 0 Å². The summed E-state index contributed by atoms with van der Waals surface area (Å²) in [7, 11) is 4.04. The number of likely N-dealkylation sites (N-methyl/N-ethyl adjacent to an activating group) is 1. The van der Waals surface area contributed by atoms with Crippen molar-refractivity contribution in [1.29, 1.82) is 0 Å². The number of carbonyl (C=O) groups is 1. The van der Waals surface area contributed by atoms with E-state index in [-0.39, 0.29) is 11.8 Å². The van der Waals surface area contributed by atoms with Crippen LogP contribution in [0.4, 0.5) is 11.6 Å². The van der Waals surface area contributed by atoms with E-state index in [0.29, 0.717) is 0 Å². The SMILES string of the molecule is CN(C)CCNC(=O)C1CCN(c2cnc(N3CCCCCC3)nc2)CC1. The van der Waals surface area contributed by atoms with Gasteiger partial charge in [0.2, 0.25) is 11.9 Å². The summed E-state index contributed by atoms with van der Waals surface area (Å²) < 4.78 is 0. The number of anilines is 2. The van der Waals surface area contributed by atoms with Crippen molar-refractivity contribution >= 4 is 17.5 Å². The first-order chi connectivity index (χ1) is 13.1. The van der Waals surface area contributed by atoms with Gasteiger partial charge >= 0.3 is 0 Å². The topological polar surface area (TPSA) is 64.6 Å². The third-order valence-electron chi connectivity index (χ3n) is 5.60. The van der Waals surface area contributed by atoms with E-state index in [4.69, 9.17) is 0 Å². The first-order valence-corrected chi connectivity index (χ1v) is 10.4. The Bertz CT molecular complexity index is 575. The van der Waals surface area contributed by atoms with Gasteiger partial charge in [-0.1, -0.05) is 12.8 Å². The monoisotopic (exact) mass is 374 g/mol. The lowest BCUT2D eigenvalue weighted by molar-refractivity contribution is -0.125. The Morgan fingerprint density at radius 3 is 2.26 bits per heavy atom. The maximum Gasteiger partial charge on any atom is 0.225 e. The van der Waals surface area contributed by atoms with Crippen LogP contribution in [0.25, 0.3) is 0 Å². The van der Waals surface area contributed by atoms with Crippen LogP contribution in [0.2, 0.25) is 0 Å². The number of carbonyl (C=O) groups excluding carboxylic acids is 1. The number of nitrogens with one attached hydrogen (secondary N) is 1. The molecule has 0 atom stereocenters. The summed E-state index contributed by atoms with van der Waals surface area (Å²) >= 11 is 0. The van der Waals surface area contributed by atoms with Gasteiger partial charge in [-0.2, -0.15) is 0 Å². The molecular weight excluding hydrogens is 340 g/mol. The molecule has 0 spiro atoms. The molecule has 3 rings (SSSR count). The molecule has 0 radical (unpaired) electrons. The van der Waals surface area contributed by atoms with Gasteiger partial charge in [-0.15, -0.1) is 0 Å². The largest absolute Gasteiger partial charge is 0.369 e. The molecule has 150 valence electrons. The van der Waals surface area contributed by atoms with E-state index in [1.54, 1.807) is 0 Å². The van der Waals surface area contributed by atoms with E-state index in [2.05, 4.69) is 30.0 Å². The Kier molecular flexibility index (Phi) is 7.26. The highest BCUT2D eigenvalue weighted by Gasteiger charge is 2.25. The van der Waals surface area contributed by atoms with Gasteiger partial charge in [0.15, 0.2) is 0 Å². The summed E-state index contributed by atoms with van der Waals surface area (Å²) in [4.78, 5) is 28.2. The smallest absolute Gasteiger partial charge is 0.225 e. The summed E-state index contributed by atoms with van der Waals surface area (Å²) in [5.41, 5.74) is 1.07. The third-order valence-corrected chi connectivity index (χ3v) is 5.60. The Morgan fingerprint density at radius 1 is 1.04 bits per heavy atom. The maximum atomic E-state index is 12.3. The summed E-state index contributed by atoms with van der Waals surface area (Å²) in [6, 6.07) is 0. The molecule has 7 heteroatoms. The van der Waals surface area contributed by atoms with Crippen LogP contribution >= 0.6 is 0 Å². The molecule has 1 aromatic heterocycles. The lowest BCUT2D eigenvalue weighted by Crippen LogP contribution is -2.42. The average Bonchev–Trinajstić information content (AvgIpc) is 2.97. The zero-order valence-electron chi connectivity index (χ0n) is 16.9. The fourth-order valence-corrected chi connectivity index (χ4v) is 3.86. The Hall–Kier alpha value is -1.89. The minimum atomic E-state index is 0.126. The summed E-state index contributed by atoms with van der Waals surface area (Å²) in [6.07, 6.45) is 10.8. The van der Waals surface area contributed by atoms with Crippen LogP contribution in [0.3, 0.4) is 0 Å². The minimum Gasteiger partial charge on any atom is -0.369 e. The van der Waals surface area contributed by atoms with Gasteiger partial charge in [0.05, 0.1) is 18.1 Å². The van der Waals surface area contributed by atoms with Crippen LogP contribution in [-0.2, 0) is 4.79 Å². The van der Waals surface area contributed by atoms with Crippen molar-refractivity contribution in [3.63, 3.8) is 0 Å². The van der Waals surface area contributed by atoms with Gasteiger partial charge in [0, 0.05) is 45.2 Å². The second-order valence-corrected chi connectivity index (χ2v) is 8.00. The lowest BCUT2D eigenvalue weighted by atomic mass is 9.95. The second kappa shape index (κ2) is 9.88. The highest BCUT2D eigenvalue weighted by Crippen LogP contribution is 2.24. The molecule has 2 fully saturated rings. The van der Waals surface area contributed by atoms with Crippen LogP contribution < -0.4 is 15.1 Å². The molecule has 0 aromatic carbocycles. The third kappa shape index (κ3) is 5.79. The Morgan fingerprint density at radius 2 is 1.67 bits per heavy atom. The molecule has 0 bridgehead atoms. The van der Waals surface area contributed by atoms with Crippen molar-refractivity contribution in [1.82, 2.24) is 20.2 Å². The number of rotatable bonds is 6. The van der Waals surface area contributed by atoms with E-state index in [1.165, 1.54) is 25.7 Å². The molecule has 3 heterocycles. The number of piperidine rings is 1. The van der Waals surface area contributed by atoms with Gasteiger partial charge in [-0.05, 0) is 39.8 Å². The van der Waals surface area contributed by atoms with Crippen molar-refractivity contribution in [2.45, 2.75) is 38.5 Å². The predicted octanol–water partition coefficient (Wildman–Crippen LogP) is 1.75. The Balaban J connectivity index is 1.47. The van der Waals surface area contributed by atoms with Crippen LogP contribution in [0, 0.1) is 5.92 Å². The number of aromatic nitrogens is 2. The summed E-state index contributed by atoms with van der Waals surface area (Å²) in [6.45, 7) is 5.50. The fourth-order valence-electron chi connectivity index (χ4n) is 3.86. The number of amides is 1. The van der Waals surface area contributed by atoms with Crippen LogP contribution in [-0.4, -0.2) is 74.1 Å². The lowest BCUT2D eigenvalue weighted by Gasteiger charge is -2.32. The zero-order valence-corrected chi connectivity index (χ0v) is 16.9. The van der Waals surface area contributed by atoms with Gasteiger partial charge in [0.25, 0.3) is 0 Å². The molecule has 2 saturated heterocycles. The molecule has 2 aliphatic heterocycles. The Labute approximate surface area is 163 Å². The molecule has 7 nitrogen and oxygen atoms in total. The number of nitrogens with zero attached hydrogens (tertiary/aromatic N) is 5. The maximum absolute atomic E-state index is 12.3. The molecule has 0 aliphatic carbocycles. The number of hydrogen-bond acceptors (Lipinski definition) is 6. The fraction of sp³-hybridized carbons (Fsp3) is 0.750. The summed E-state index contributed by atoms with van der Waals surface area (Å²) in [5.74, 6) is 1.18. The van der Waals surface area contributed by atoms with E-state index < -0.39 is 0 Å². The molecule has 1 N–H and O–H groups in total. The van der Waals surface area contributed by atoms with Gasteiger partial charge < -0.3 is 20.0 Å². The molecule has 1 aromatic rings. The van der Waals surface area contributed by atoms with E-state index in [9.17, 15) is 4.79 Å². The van der Waals surface area contributed by atoms with Crippen LogP contribution in [0.15, 0.2) is 12.4 Å². The van der Waals surface area contributed by atoms with Crippen LogP contribution in [0.1, 0.15) is 38.5 Å². The van der Waals surface area contributed by atoms with Crippen LogP contribution in [0.5, 0.6) is 0 Å². The van der Waals surface area contributed by atoms with Gasteiger partial charge in [-0.3, -0.25) is 4.79 Å². The molecular formula is C20H34N6O. The highest BCUT2D eigenvalue weighted by atomic mass is 16.1. The standard InChI is InChI=1S/C20H34N6O/c1-24(2)14-9-21-19(27)17-7-12-25(13-8-17)18-15-22-20(23-16-18)26-10-5-3-4-6-11-26/h15-17H,3-14H2,1-2H3,(H,21,27). The van der Waals surface area contributed by atoms with Gasteiger partial charge in [-0.25, -0.2) is 9.97 Å². The first kappa shape index (κ1) is 19.9. The van der Waals surface area contributed by atoms with E-state index in [0.717, 1.165) is 63.7 Å². The van der Waals surface area contributed by atoms with Crippen molar-refractivity contribution in [2.24, 2.45) is 5.92 Å². The van der Waals surface area contributed by atoms with E-state index in [1.807, 2.05) is 26.5 Å². The number of hydrogen-bond donors (Lipinski definition) is 1.